The lowest BCUT2D eigenvalue weighted by molar-refractivity contribution is -0.0108. The summed E-state index contributed by atoms with van der Waals surface area (Å²) in [5.41, 5.74) is 2.00. The van der Waals surface area contributed by atoms with Gasteiger partial charge in [-0.25, -0.2) is 9.78 Å². The quantitative estimate of drug-likeness (QED) is 0.701. The lowest BCUT2D eigenvalue weighted by Crippen LogP contribution is -2.50. The molecule has 4 heterocycles. The molecule has 2 fully saturated rings. The molecule has 2 aromatic rings. The van der Waals surface area contributed by atoms with E-state index in [0.29, 0.717) is 25.2 Å². The van der Waals surface area contributed by atoms with Crippen LogP contribution in [0.5, 0.6) is 0 Å². The maximum atomic E-state index is 13.2. The van der Waals surface area contributed by atoms with E-state index in [9.17, 15) is 14.7 Å². The molecule has 1 aromatic heterocycles. The number of carbonyl (C=O) groups excluding carboxylic acids is 2. The van der Waals surface area contributed by atoms with Gasteiger partial charge < -0.3 is 25.1 Å². The molecule has 3 amide bonds. The largest absolute Gasteiger partial charge is 0.390 e. The van der Waals surface area contributed by atoms with E-state index >= 15 is 0 Å². The Morgan fingerprint density at radius 1 is 1.06 bits per heavy atom. The Morgan fingerprint density at radius 3 is 2.49 bits per heavy atom. The Morgan fingerprint density at radius 2 is 1.77 bits per heavy atom. The van der Waals surface area contributed by atoms with Crippen molar-refractivity contribution in [3.8, 4) is 0 Å². The topological polar surface area (TPSA) is 89.0 Å². The molecule has 0 atom stereocenters. The first-order valence-electron chi connectivity index (χ1n) is 12.7. The van der Waals surface area contributed by atoms with Crippen LogP contribution in [0.25, 0.3) is 0 Å². The number of likely N-dealkylation sites (tertiary alicyclic amines) is 1. The van der Waals surface area contributed by atoms with E-state index in [1.807, 2.05) is 47.9 Å². The van der Waals surface area contributed by atoms with Gasteiger partial charge >= 0.3 is 6.03 Å². The number of aliphatic hydroxyl groups is 1. The second kappa shape index (κ2) is 9.49. The molecule has 2 saturated heterocycles. The van der Waals surface area contributed by atoms with Crippen LogP contribution in [0.2, 0.25) is 0 Å². The van der Waals surface area contributed by atoms with Gasteiger partial charge in [0.05, 0.1) is 5.60 Å². The molecular formula is C27H35N5O3. The number of hydrogen-bond donors (Lipinski definition) is 2. The molecule has 0 aliphatic carbocycles. The fourth-order valence-corrected chi connectivity index (χ4v) is 5.62. The second-order valence-corrected chi connectivity index (χ2v) is 10.6. The maximum Gasteiger partial charge on any atom is 0.322 e. The van der Waals surface area contributed by atoms with Crippen molar-refractivity contribution in [1.82, 2.24) is 14.8 Å². The van der Waals surface area contributed by atoms with E-state index in [4.69, 9.17) is 0 Å². The number of rotatable bonds is 4. The molecule has 0 unspecified atom stereocenters. The van der Waals surface area contributed by atoms with Crippen molar-refractivity contribution in [3.05, 3.63) is 53.7 Å². The van der Waals surface area contributed by atoms with Gasteiger partial charge in [-0.3, -0.25) is 4.79 Å². The van der Waals surface area contributed by atoms with Gasteiger partial charge in [0.15, 0.2) is 0 Å². The van der Waals surface area contributed by atoms with Gasteiger partial charge in [-0.15, -0.1) is 0 Å². The van der Waals surface area contributed by atoms with Crippen LogP contribution in [0.15, 0.2) is 42.6 Å². The molecule has 2 N–H and O–H groups in total. The molecule has 3 aliphatic heterocycles. The van der Waals surface area contributed by atoms with Crippen LogP contribution in [-0.2, 0) is 6.54 Å². The summed E-state index contributed by atoms with van der Waals surface area (Å²) in [6.45, 7) is 7.25. The van der Waals surface area contributed by atoms with Gasteiger partial charge in [0.1, 0.15) is 5.82 Å². The van der Waals surface area contributed by atoms with Crippen molar-refractivity contribution in [2.24, 2.45) is 5.92 Å². The highest BCUT2D eigenvalue weighted by Gasteiger charge is 2.33. The minimum absolute atomic E-state index is 0.0266. The zero-order chi connectivity index (χ0) is 24.6. The standard InChI is InChI=1S/C27H35N5O3/c1-27(2,35)21-8-13-31(14-9-21)25(33)19-7-12-28-24(17-19)30-15-10-22(11-16-30)32-18-20-5-3-4-6-23(20)29-26(32)34/h3-7,12,17,21-22,35H,8-11,13-16,18H2,1-2H3,(H,29,34). The molecule has 1 aromatic carbocycles. The number of pyridine rings is 1. The minimum atomic E-state index is -0.705. The van der Waals surface area contributed by atoms with E-state index in [1.165, 1.54) is 0 Å². The van der Waals surface area contributed by atoms with Crippen molar-refractivity contribution >= 4 is 23.4 Å². The molecule has 0 bridgehead atoms. The zero-order valence-corrected chi connectivity index (χ0v) is 20.6. The first kappa shape index (κ1) is 23.6. The highest BCUT2D eigenvalue weighted by molar-refractivity contribution is 5.95. The molecular weight excluding hydrogens is 442 g/mol. The summed E-state index contributed by atoms with van der Waals surface area (Å²) < 4.78 is 0. The molecule has 5 rings (SSSR count). The van der Waals surface area contributed by atoms with Gasteiger partial charge in [-0.1, -0.05) is 18.2 Å². The molecule has 0 radical (unpaired) electrons. The van der Waals surface area contributed by atoms with Crippen molar-refractivity contribution in [2.45, 2.75) is 57.7 Å². The van der Waals surface area contributed by atoms with Gasteiger partial charge in [-0.2, -0.15) is 0 Å². The van der Waals surface area contributed by atoms with Crippen molar-refractivity contribution in [1.29, 1.82) is 0 Å². The second-order valence-electron chi connectivity index (χ2n) is 10.6. The van der Waals surface area contributed by atoms with Gasteiger partial charge in [-0.05, 0) is 69.2 Å². The molecule has 35 heavy (non-hydrogen) atoms. The number of aromatic nitrogens is 1. The van der Waals surface area contributed by atoms with E-state index in [-0.39, 0.29) is 23.9 Å². The maximum absolute atomic E-state index is 13.2. The molecule has 0 saturated carbocycles. The number of anilines is 2. The summed E-state index contributed by atoms with van der Waals surface area (Å²) in [4.78, 5) is 36.4. The first-order valence-corrected chi connectivity index (χ1v) is 12.7. The van der Waals surface area contributed by atoms with E-state index in [2.05, 4.69) is 21.3 Å². The lowest BCUT2D eigenvalue weighted by Gasteiger charge is -2.41. The highest BCUT2D eigenvalue weighted by atomic mass is 16.3. The summed E-state index contributed by atoms with van der Waals surface area (Å²) >= 11 is 0. The number of carbonyl (C=O) groups is 2. The fraction of sp³-hybridized carbons (Fsp3) is 0.519. The minimum Gasteiger partial charge on any atom is -0.390 e. The third kappa shape index (κ3) is 4.98. The molecule has 0 spiro atoms. The monoisotopic (exact) mass is 477 g/mol. The Labute approximate surface area is 206 Å². The van der Waals surface area contributed by atoms with Crippen molar-refractivity contribution in [2.75, 3.05) is 36.4 Å². The SMILES string of the molecule is CC(C)(O)C1CCN(C(=O)c2ccnc(N3CCC(N4Cc5ccccc5NC4=O)CC3)c2)CC1. The number of benzene rings is 1. The Balaban J connectivity index is 1.19. The third-order valence-corrected chi connectivity index (χ3v) is 7.86. The van der Waals surface area contributed by atoms with Crippen LogP contribution in [-0.4, -0.2) is 69.7 Å². The highest BCUT2D eigenvalue weighted by Crippen LogP contribution is 2.30. The molecule has 186 valence electrons. The summed E-state index contributed by atoms with van der Waals surface area (Å²) in [5, 5.41) is 13.3. The fourth-order valence-electron chi connectivity index (χ4n) is 5.62. The number of hydrogen-bond acceptors (Lipinski definition) is 5. The van der Waals surface area contributed by atoms with Crippen LogP contribution in [0.4, 0.5) is 16.3 Å². The molecule has 8 nitrogen and oxygen atoms in total. The average Bonchev–Trinajstić information content (AvgIpc) is 2.87. The van der Waals surface area contributed by atoms with Crippen LogP contribution >= 0.6 is 0 Å². The summed E-state index contributed by atoms with van der Waals surface area (Å²) in [7, 11) is 0. The number of para-hydroxylation sites is 1. The molecule has 8 heteroatoms. The van der Waals surface area contributed by atoms with E-state index < -0.39 is 5.60 Å². The normalized spacial score (nSPS) is 20.0. The predicted octanol–water partition coefficient (Wildman–Crippen LogP) is 3.72. The summed E-state index contributed by atoms with van der Waals surface area (Å²) in [6.07, 6.45) is 5.07. The number of nitrogens with one attached hydrogen (secondary N) is 1. The van der Waals surface area contributed by atoms with Gasteiger partial charge in [0.2, 0.25) is 0 Å². The number of amides is 3. The Kier molecular flexibility index (Phi) is 6.40. The summed E-state index contributed by atoms with van der Waals surface area (Å²) in [6, 6.07) is 11.8. The zero-order valence-electron chi connectivity index (χ0n) is 20.6. The smallest absolute Gasteiger partial charge is 0.322 e. The van der Waals surface area contributed by atoms with Crippen molar-refractivity contribution in [3.63, 3.8) is 0 Å². The number of fused-ring (bicyclic) bond motifs is 1. The average molecular weight is 478 g/mol. The van der Waals surface area contributed by atoms with Crippen LogP contribution in [0.1, 0.15) is 55.5 Å². The van der Waals surface area contributed by atoms with Crippen LogP contribution < -0.4 is 10.2 Å². The van der Waals surface area contributed by atoms with E-state index in [1.54, 1.807) is 12.3 Å². The van der Waals surface area contributed by atoms with E-state index in [0.717, 1.165) is 55.8 Å². The Bertz CT molecular complexity index is 1080. The van der Waals surface area contributed by atoms with Crippen molar-refractivity contribution < 1.29 is 14.7 Å². The number of nitrogens with zero attached hydrogens (tertiary/aromatic N) is 4. The number of piperidine rings is 2. The summed E-state index contributed by atoms with van der Waals surface area (Å²) in [5.74, 6) is 1.06. The first-order chi connectivity index (χ1) is 16.8. The van der Waals surface area contributed by atoms with Crippen LogP contribution in [0.3, 0.4) is 0 Å². The molecule has 3 aliphatic rings. The Hall–Kier alpha value is -3.13. The predicted molar refractivity (Wildman–Crippen MR) is 135 cm³/mol. The lowest BCUT2D eigenvalue weighted by atomic mass is 9.83. The number of urea groups is 1. The van der Waals surface area contributed by atoms with Gasteiger partial charge in [0, 0.05) is 56.2 Å². The van der Waals surface area contributed by atoms with Crippen LogP contribution in [0, 0.1) is 5.92 Å². The van der Waals surface area contributed by atoms with Gasteiger partial charge in [0.25, 0.3) is 5.91 Å². The third-order valence-electron chi connectivity index (χ3n) is 7.86.